The van der Waals surface area contributed by atoms with Crippen molar-refractivity contribution in [3.8, 4) is 0 Å². The molecule has 0 atom stereocenters. The van der Waals surface area contributed by atoms with Crippen LogP contribution in [0.4, 0.5) is 5.69 Å². The summed E-state index contributed by atoms with van der Waals surface area (Å²) >= 11 is 3.11. The van der Waals surface area contributed by atoms with Gasteiger partial charge in [-0.3, -0.25) is 4.79 Å². The van der Waals surface area contributed by atoms with Crippen LogP contribution in [-0.4, -0.2) is 20.6 Å². The molecule has 0 bridgehead atoms. The first kappa shape index (κ1) is 14.8. The number of aryl methyl sites for hydroxylation is 1. The molecular weight excluding hydrogens is 346 g/mol. The highest BCUT2D eigenvalue weighted by Gasteiger charge is 2.14. The lowest BCUT2D eigenvalue weighted by atomic mass is 10.2. The topological polar surface area (TPSA) is 76.4 Å². The third-order valence-electron chi connectivity index (χ3n) is 2.68. The SMILES string of the molecule is Cc1ccc(S(C)(=O)=O)cc1NC(=O)c1ccc(Br)o1. The largest absolute Gasteiger partial charge is 0.444 e. The standard InChI is InChI=1S/C13H12BrNO4S/c1-8-3-4-9(20(2,17)18)7-10(8)15-13(16)11-5-6-12(14)19-11/h3-7H,1-2H3,(H,15,16). The molecule has 1 amide bonds. The molecular formula is C13H12BrNO4S. The number of hydrogen-bond donors (Lipinski definition) is 1. The quantitative estimate of drug-likeness (QED) is 0.915. The van der Waals surface area contributed by atoms with Crippen LogP contribution in [0.2, 0.25) is 0 Å². The summed E-state index contributed by atoms with van der Waals surface area (Å²) in [6, 6.07) is 7.71. The Bertz CT molecular complexity index is 764. The lowest BCUT2D eigenvalue weighted by Crippen LogP contribution is -2.12. The molecule has 1 heterocycles. The van der Waals surface area contributed by atoms with E-state index in [4.69, 9.17) is 4.42 Å². The molecule has 0 aliphatic carbocycles. The number of rotatable bonds is 3. The van der Waals surface area contributed by atoms with E-state index in [9.17, 15) is 13.2 Å². The summed E-state index contributed by atoms with van der Waals surface area (Å²) in [7, 11) is -3.32. The Morgan fingerprint density at radius 3 is 2.50 bits per heavy atom. The maximum absolute atomic E-state index is 12.0. The van der Waals surface area contributed by atoms with Crippen molar-refractivity contribution in [1.29, 1.82) is 0 Å². The van der Waals surface area contributed by atoms with Gasteiger partial charge in [-0.1, -0.05) is 6.07 Å². The number of carbonyl (C=O) groups is 1. The van der Waals surface area contributed by atoms with Crippen LogP contribution < -0.4 is 5.32 Å². The summed E-state index contributed by atoms with van der Waals surface area (Å²) in [6.45, 7) is 1.78. The molecule has 0 aliphatic heterocycles. The highest BCUT2D eigenvalue weighted by Crippen LogP contribution is 2.22. The average Bonchev–Trinajstić information content (AvgIpc) is 2.77. The predicted octanol–water partition coefficient (Wildman–Crippen LogP) is 3.01. The summed E-state index contributed by atoms with van der Waals surface area (Å²) < 4.78 is 28.6. The number of halogens is 1. The van der Waals surface area contributed by atoms with Crippen LogP contribution in [0.15, 0.2) is 44.3 Å². The monoisotopic (exact) mass is 357 g/mol. The Balaban J connectivity index is 2.31. The molecule has 2 rings (SSSR count). The molecule has 20 heavy (non-hydrogen) atoms. The van der Waals surface area contributed by atoms with Crippen LogP contribution in [-0.2, 0) is 9.84 Å². The molecule has 106 valence electrons. The molecule has 1 aromatic heterocycles. The Hall–Kier alpha value is -1.60. The van der Waals surface area contributed by atoms with Gasteiger partial charge >= 0.3 is 0 Å². The van der Waals surface area contributed by atoms with Crippen LogP contribution in [0.25, 0.3) is 0 Å². The summed E-state index contributed by atoms with van der Waals surface area (Å²) in [5.41, 5.74) is 1.20. The third kappa shape index (κ3) is 3.29. The van der Waals surface area contributed by atoms with Crippen LogP contribution >= 0.6 is 15.9 Å². The second kappa shape index (κ2) is 5.41. The van der Waals surface area contributed by atoms with E-state index in [1.807, 2.05) is 0 Å². The van der Waals surface area contributed by atoms with Gasteiger partial charge < -0.3 is 9.73 Å². The number of amides is 1. The van der Waals surface area contributed by atoms with E-state index in [1.165, 1.54) is 18.2 Å². The number of carbonyl (C=O) groups excluding carboxylic acids is 1. The Labute approximate surface area is 125 Å². The number of hydrogen-bond acceptors (Lipinski definition) is 4. The third-order valence-corrected chi connectivity index (χ3v) is 4.22. The second-order valence-corrected chi connectivity index (χ2v) is 7.10. The minimum Gasteiger partial charge on any atom is -0.444 e. The van der Waals surface area contributed by atoms with E-state index in [1.54, 1.807) is 19.1 Å². The Kier molecular flexibility index (Phi) is 4.01. The number of anilines is 1. The van der Waals surface area contributed by atoms with Crippen molar-refractivity contribution >= 4 is 37.4 Å². The molecule has 2 aromatic rings. The van der Waals surface area contributed by atoms with Crippen molar-refractivity contribution in [2.75, 3.05) is 11.6 Å². The molecule has 1 N–H and O–H groups in total. The zero-order valence-electron chi connectivity index (χ0n) is 10.8. The zero-order valence-corrected chi connectivity index (χ0v) is 13.2. The Morgan fingerprint density at radius 2 is 1.95 bits per heavy atom. The smallest absolute Gasteiger partial charge is 0.291 e. The van der Waals surface area contributed by atoms with E-state index in [-0.39, 0.29) is 10.7 Å². The molecule has 0 radical (unpaired) electrons. The van der Waals surface area contributed by atoms with Gasteiger partial charge in [0.25, 0.3) is 5.91 Å². The number of nitrogens with one attached hydrogen (secondary N) is 1. The van der Waals surface area contributed by atoms with Gasteiger partial charge in [-0.05, 0) is 52.7 Å². The first-order chi connectivity index (χ1) is 9.27. The minimum absolute atomic E-state index is 0.140. The van der Waals surface area contributed by atoms with Crippen molar-refractivity contribution < 1.29 is 17.6 Å². The first-order valence-electron chi connectivity index (χ1n) is 5.65. The van der Waals surface area contributed by atoms with E-state index < -0.39 is 15.7 Å². The molecule has 1 aromatic carbocycles. The van der Waals surface area contributed by atoms with Crippen LogP contribution in [0.5, 0.6) is 0 Å². The van der Waals surface area contributed by atoms with Gasteiger partial charge in [0.2, 0.25) is 0 Å². The number of furan rings is 1. The molecule has 0 aliphatic rings. The first-order valence-corrected chi connectivity index (χ1v) is 8.33. The molecule has 7 heteroatoms. The van der Waals surface area contributed by atoms with Crippen LogP contribution in [0.3, 0.4) is 0 Å². The van der Waals surface area contributed by atoms with Gasteiger partial charge in [0, 0.05) is 11.9 Å². The molecule has 5 nitrogen and oxygen atoms in total. The van der Waals surface area contributed by atoms with Gasteiger partial charge in [0.15, 0.2) is 20.3 Å². The highest BCUT2D eigenvalue weighted by molar-refractivity contribution is 9.10. The molecule has 0 fully saturated rings. The average molecular weight is 358 g/mol. The van der Waals surface area contributed by atoms with Gasteiger partial charge in [0.1, 0.15) is 0 Å². The van der Waals surface area contributed by atoms with E-state index in [2.05, 4.69) is 21.2 Å². The molecule has 0 saturated carbocycles. The fourth-order valence-corrected chi connectivity index (χ4v) is 2.54. The lowest BCUT2D eigenvalue weighted by molar-refractivity contribution is 0.0995. The fourth-order valence-electron chi connectivity index (χ4n) is 1.59. The molecule has 0 unspecified atom stereocenters. The summed E-state index contributed by atoms with van der Waals surface area (Å²) in [6.07, 6.45) is 1.12. The highest BCUT2D eigenvalue weighted by atomic mass is 79.9. The summed E-state index contributed by atoms with van der Waals surface area (Å²) in [5.74, 6) is -0.300. The summed E-state index contributed by atoms with van der Waals surface area (Å²) in [4.78, 5) is 12.1. The van der Waals surface area contributed by atoms with Crippen molar-refractivity contribution in [2.24, 2.45) is 0 Å². The van der Waals surface area contributed by atoms with E-state index in [0.717, 1.165) is 11.8 Å². The van der Waals surface area contributed by atoms with Gasteiger partial charge in [0.05, 0.1) is 4.90 Å². The van der Waals surface area contributed by atoms with E-state index >= 15 is 0 Å². The van der Waals surface area contributed by atoms with Crippen molar-refractivity contribution in [3.63, 3.8) is 0 Å². The second-order valence-electron chi connectivity index (χ2n) is 4.31. The minimum atomic E-state index is -3.32. The molecule has 0 spiro atoms. The van der Waals surface area contributed by atoms with Crippen LogP contribution in [0, 0.1) is 6.92 Å². The summed E-state index contributed by atoms with van der Waals surface area (Å²) in [5, 5.41) is 2.63. The predicted molar refractivity (Wildman–Crippen MR) is 78.7 cm³/mol. The van der Waals surface area contributed by atoms with Crippen molar-refractivity contribution in [1.82, 2.24) is 0 Å². The number of sulfone groups is 1. The normalized spacial score (nSPS) is 11.3. The zero-order chi connectivity index (χ0) is 14.9. The van der Waals surface area contributed by atoms with Gasteiger partial charge in [-0.15, -0.1) is 0 Å². The molecule has 0 saturated heterocycles. The number of benzene rings is 1. The van der Waals surface area contributed by atoms with Crippen molar-refractivity contribution in [3.05, 3.63) is 46.3 Å². The van der Waals surface area contributed by atoms with E-state index in [0.29, 0.717) is 10.4 Å². The fraction of sp³-hybridized carbons (Fsp3) is 0.154. The van der Waals surface area contributed by atoms with Crippen LogP contribution in [0.1, 0.15) is 16.1 Å². The van der Waals surface area contributed by atoms with Crippen molar-refractivity contribution in [2.45, 2.75) is 11.8 Å². The van der Waals surface area contributed by atoms with Gasteiger partial charge in [-0.25, -0.2) is 8.42 Å². The van der Waals surface area contributed by atoms with Gasteiger partial charge in [-0.2, -0.15) is 0 Å². The maximum Gasteiger partial charge on any atom is 0.291 e. The maximum atomic E-state index is 12.0. The lowest BCUT2D eigenvalue weighted by Gasteiger charge is -2.09. The Morgan fingerprint density at radius 1 is 1.25 bits per heavy atom.